The first kappa shape index (κ1) is 19.7. The fourth-order valence-electron chi connectivity index (χ4n) is 8.11. The van der Waals surface area contributed by atoms with Crippen LogP contribution in [0.2, 0.25) is 0 Å². The van der Waals surface area contributed by atoms with E-state index < -0.39 is 5.97 Å². The second-order valence-electron chi connectivity index (χ2n) is 10.7. The highest BCUT2D eigenvalue weighted by atomic mass is 16.4. The van der Waals surface area contributed by atoms with Gasteiger partial charge in [0.25, 0.3) is 0 Å². The molecule has 1 aliphatic heterocycles. The molecule has 0 aromatic heterocycles. The molecule has 3 saturated carbocycles. The first-order chi connectivity index (χ1) is 12.9. The lowest BCUT2D eigenvalue weighted by Gasteiger charge is -2.62. The Bertz CT molecular complexity index is 566. The highest BCUT2D eigenvalue weighted by molar-refractivity contribution is 5.66. The van der Waals surface area contributed by atoms with Gasteiger partial charge in [-0.25, -0.2) is 0 Å². The van der Waals surface area contributed by atoms with Gasteiger partial charge in [-0.1, -0.05) is 20.3 Å². The molecule has 0 aromatic rings. The van der Waals surface area contributed by atoms with E-state index in [4.69, 9.17) is 5.11 Å². The number of hydrogen-bond donors (Lipinski definition) is 3. The van der Waals surface area contributed by atoms with E-state index in [1.807, 2.05) is 0 Å². The zero-order valence-corrected chi connectivity index (χ0v) is 17.3. The number of aliphatic hydroxyl groups is 1. The number of carboxylic acids is 1. The van der Waals surface area contributed by atoms with Crippen molar-refractivity contribution in [2.45, 2.75) is 84.2 Å². The van der Waals surface area contributed by atoms with Crippen LogP contribution in [-0.4, -0.2) is 35.4 Å². The molecule has 154 valence electrons. The van der Waals surface area contributed by atoms with Crippen LogP contribution in [0.1, 0.15) is 78.1 Å². The first-order valence-corrected chi connectivity index (χ1v) is 11.5. The van der Waals surface area contributed by atoms with Crippen molar-refractivity contribution in [1.29, 1.82) is 0 Å². The number of carbonyl (C=O) groups is 1. The standard InChI is InChI=1S/C23H39NO3/c1-22-10-9-18-21(19(25)13-16-14-24-12-11-23(16,18)2)17(22)8-7-15(22)5-3-4-6-20(26)27/h15-19,21,24-25H,3-14H2,1-2H3,(H,26,27). The van der Waals surface area contributed by atoms with Crippen LogP contribution in [0.15, 0.2) is 0 Å². The molecule has 8 unspecified atom stereocenters. The lowest BCUT2D eigenvalue weighted by atomic mass is 9.45. The highest BCUT2D eigenvalue weighted by Crippen LogP contribution is 2.66. The van der Waals surface area contributed by atoms with E-state index in [1.54, 1.807) is 0 Å². The molecule has 1 saturated heterocycles. The summed E-state index contributed by atoms with van der Waals surface area (Å²) in [4.78, 5) is 10.8. The summed E-state index contributed by atoms with van der Waals surface area (Å²) in [5.74, 6) is 2.55. The van der Waals surface area contributed by atoms with Gasteiger partial charge in [-0.3, -0.25) is 4.79 Å². The molecule has 4 aliphatic rings. The van der Waals surface area contributed by atoms with Gasteiger partial charge in [0.1, 0.15) is 0 Å². The maximum Gasteiger partial charge on any atom is 0.303 e. The molecule has 0 bridgehead atoms. The molecule has 4 fully saturated rings. The van der Waals surface area contributed by atoms with Crippen LogP contribution in [-0.2, 0) is 4.79 Å². The molecule has 0 spiro atoms. The Kier molecular flexibility index (Phi) is 5.35. The van der Waals surface area contributed by atoms with Crippen molar-refractivity contribution in [3.8, 4) is 0 Å². The van der Waals surface area contributed by atoms with Crippen molar-refractivity contribution < 1.29 is 15.0 Å². The Balaban J connectivity index is 1.48. The van der Waals surface area contributed by atoms with Gasteiger partial charge in [-0.05, 0) is 105 Å². The first-order valence-electron chi connectivity index (χ1n) is 11.5. The monoisotopic (exact) mass is 377 g/mol. The summed E-state index contributed by atoms with van der Waals surface area (Å²) in [7, 11) is 0. The van der Waals surface area contributed by atoms with Crippen LogP contribution in [0.3, 0.4) is 0 Å². The Morgan fingerprint density at radius 1 is 1.07 bits per heavy atom. The Morgan fingerprint density at radius 2 is 1.85 bits per heavy atom. The predicted octanol–water partition coefficient (Wildman–Crippen LogP) is 4.07. The van der Waals surface area contributed by atoms with E-state index in [0.717, 1.165) is 38.3 Å². The van der Waals surface area contributed by atoms with Crippen LogP contribution in [0.4, 0.5) is 0 Å². The molecule has 1 heterocycles. The second-order valence-corrected chi connectivity index (χ2v) is 10.7. The van der Waals surface area contributed by atoms with Gasteiger partial charge in [0, 0.05) is 6.42 Å². The van der Waals surface area contributed by atoms with E-state index in [2.05, 4.69) is 19.2 Å². The van der Waals surface area contributed by atoms with Gasteiger partial charge in [0.15, 0.2) is 0 Å². The molecule has 4 nitrogen and oxygen atoms in total. The number of aliphatic carboxylic acids is 1. The fourth-order valence-corrected chi connectivity index (χ4v) is 8.11. The van der Waals surface area contributed by atoms with Gasteiger partial charge in [0.2, 0.25) is 0 Å². The van der Waals surface area contributed by atoms with Crippen molar-refractivity contribution in [3.05, 3.63) is 0 Å². The third-order valence-electron chi connectivity index (χ3n) is 9.70. The zero-order chi connectivity index (χ0) is 19.2. The molecule has 4 rings (SSSR count). The van der Waals surface area contributed by atoms with Crippen LogP contribution in [0.25, 0.3) is 0 Å². The molecule has 0 aromatic carbocycles. The van der Waals surface area contributed by atoms with Gasteiger partial charge in [-0.15, -0.1) is 0 Å². The fraction of sp³-hybridized carbons (Fsp3) is 0.957. The number of carboxylic acid groups (broad SMARTS) is 1. The smallest absolute Gasteiger partial charge is 0.303 e. The average molecular weight is 378 g/mol. The van der Waals surface area contributed by atoms with Crippen molar-refractivity contribution in [1.82, 2.24) is 5.32 Å². The average Bonchev–Trinajstić information content (AvgIpc) is 2.95. The summed E-state index contributed by atoms with van der Waals surface area (Å²) in [6.45, 7) is 7.26. The summed E-state index contributed by atoms with van der Waals surface area (Å²) >= 11 is 0. The molecule has 4 heteroatoms. The van der Waals surface area contributed by atoms with Crippen LogP contribution < -0.4 is 5.32 Å². The van der Waals surface area contributed by atoms with E-state index in [9.17, 15) is 9.90 Å². The van der Waals surface area contributed by atoms with E-state index in [0.29, 0.717) is 40.9 Å². The Labute approximate surface area is 164 Å². The van der Waals surface area contributed by atoms with Gasteiger partial charge in [0.05, 0.1) is 6.10 Å². The van der Waals surface area contributed by atoms with Crippen molar-refractivity contribution in [2.75, 3.05) is 13.1 Å². The largest absolute Gasteiger partial charge is 0.481 e. The van der Waals surface area contributed by atoms with Gasteiger partial charge < -0.3 is 15.5 Å². The van der Waals surface area contributed by atoms with Crippen molar-refractivity contribution in [2.24, 2.45) is 40.4 Å². The topological polar surface area (TPSA) is 69.6 Å². The SMILES string of the molecule is CC12CCC3C(C(O)CC4CNCCC43C)C1CCC2CCCCC(=O)O. The van der Waals surface area contributed by atoms with Crippen LogP contribution in [0.5, 0.6) is 0 Å². The number of piperidine rings is 1. The summed E-state index contributed by atoms with van der Waals surface area (Å²) in [6.07, 6.45) is 10.6. The van der Waals surface area contributed by atoms with Crippen molar-refractivity contribution in [3.63, 3.8) is 0 Å². The minimum atomic E-state index is -0.666. The molecule has 0 radical (unpaired) electrons. The summed E-state index contributed by atoms with van der Waals surface area (Å²) in [5.41, 5.74) is 0.775. The molecule has 8 atom stereocenters. The number of unbranched alkanes of at least 4 members (excludes halogenated alkanes) is 1. The minimum absolute atomic E-state index is 0.122. The van der Waals surface area contributed by atoms with Gasteiger partial charge >= 0.3 is 5.97 Å². The predicted molar refractivity (Wildman–Crippen MR) is 106 cm³/mol. The molecule has 0 amide bonds. The Morgan fingerprint density at radius 3 is 2.63 bits per heavy atom. The lowest BCUT2D eigenvalue weighted by Crippen LogP contribution is -2.60. The number of hydrogen-bond acceptors (Lipinski definition) is 3. The quantitative estimate of drug-likeness (QED) is 0.632. The van der Waals surface area contributed by atoms with E-state index >= 15 is 0 Å². The third-order valence-corrected chi connectivity index (χ3v) is 9.70. The molecule has 27 heavy (non-hydrogen) atoms. The Hall–Kier alpha value is -0.610. The number of nitrogens with one attached hydrogen (secondary N) is 1. The van der Waals surface area contributed by atoms with Crippen molar-refractivity contribution >= 4 is 5.97 Å². The zero-order valence-electron chi connectivity index (χ0n) is 17.3. The second kappa shape index (κ2) is 7.33. The molecule has 3 N–H and O–H groups in total. The van der Waals surface area contributed by atoms with E-state index in [-0.39, 0.29) is 6.10 Å². The lowest BCUT2D eigenvalue weighted by molar-refractivity contribution is -0.159. The van der Waals surface area contributed by atoms with Crippen LogP contribution >= 0.6 is 0 Å². The van der Waals surface area contributed by atoms with Crippen LogP contribution in [0, 0.1) is 40.4 Å². The third kappa shape index (κ3) is 3.25. The summed E-state index contributed by atoms with van der Waals surface area (Å²) in [6, 6.07) is 0. The molecule has 3 aliphatic carbocycles. The maximum absolute atomic E-state index is 11.2. The summed E-state index contributed by atoms with van der Waals surface area (Å²) < 4.78 is 0. The normalized spacial score (nSPS) is 49.1. The number of rotatable bonds is 5. The maximum atomic E-state index is 11.2. The van der Waals surface area contributed by atoms with E-state index in [1.165, 1.54) is 38.5 Å². The molecular weight excluding hydrogens is 338 g/mol. The summed E-state index contributed by atoms with van der Waals surface area (Å²) in [5, 5.41) is 23.6. The number of aliphatic hydroxyl groups excluding tert-OH is 1. The van der Waals surface area contributed by atoms with Gasteiger partial charge in [-0.2, -0.15) is 0 Å². The number of fused-ring (bicyclic) bond motifs is 5. The molecular formula is C23H39NO3. The minimum Gasteiger partial charge on any atom is -0.481 e. The highest BCUT2D eigenvalue weighted by Gasteiger charge is 2.61.